The molecule has 5 nitrogen and oxygen atoms in total. The largest absolute Gasteiger partial charge is 0.493 e. The molecule has 1 aromatic rings. The van der Waals surface area contributed by atoms with Crippen LogP contribution in [0.1, 0.15) is 43.4 Å². The Labute approximate surface area is 160 Å². The molecule has 0 aliphatic carbocycles. The number of likely N-dealkylation sites (tertiary alicyclic amines) is 1. The first-order valence-electron chi connectivity index (χ1n) is 8.90. The third-order valence-electron chi connectivity index (χ3n) is 5.21. The van der Waals surface area contributed by atoms with Gasteiger partial charge in [0.1, 0.15) is 5.75 Å². The van der Waals surface area contributed by atoms with Gasteiger partial charge in [0.05, 0.1) is 12.6 Å². The van der Waals surface area contributed by atoms with Crippen LogP contribution in [0.2, 0.25) is 5.02 Å². The first kappa shape index (κ1) is 20.1. The molecule has 1 saturated heterocycles. The minimum atomic E-state index is -4.70. The average molecular weight is 407 g/mol. The Balaban J connectivity index is 1.68. The van der Waals surface area contributed by atoms with Crippen molar-refractivity contribution >= 4 is 17.6 Å². The molecule has 2 atom stereocenters. The van der Waals surface area contributed by atoms with Gasteiger partial charge in [-0.1, -0.05) is 11.6 Å². The Hall–Kier alpha value is -1.67. The van der Waals surface area contributed by atoms with Gasteiger partial charge in [0, 0.05) is 36.5 Å². The van der Waals surface area contributed by atoms with Crippen molar-refractivity contribution in [1.29, 1.82) is 0 Å². The number of nitrogens with zero attached hydrogens (tertiary/aromatic N) is 1. The van der Waals surface area contributed by atoms with Crippen LogP contribution >= 0.6 is 11.6 Å². The Bertz CT molecular complexity index is 729. The number of fused-ring (bicyclic) bond motifs is 1. The Morgan fingerprint density at radius 3 is 2.81 bits per heavy atom. The summed E-state index contributed by atoms with van der Waals surface area (Å²) in [5.74, 6) is 0.703. The molecule has 0 radical (unpaired) electrons. The van der Waals surface area contributed by atoms with Gasteiger partial charge in [-0.3, -0.25) is 0 Å². The van der Waals surface area contributed by atoms with E-state index in [0.717, 1.165) is 17.5 Å². The molecule has 150 valence electrons. The zero-order valence-corrected chi connectivity index (χ0v) is 15.7. The summed E-state index contributed by atoms with van der Waals surface area (Å²) in [6, 6.07) is 2.66. The van der Waals surface area contributed by atoms with Crippen molar-refractivity contribution in [1.82, 2.24) is 10.2 Å². The summed E-state index contributed by atoms with van der Waals surface area (Å²) in [6.07, 6.45) is -4.83. The summed E-state index contributed by atoms with van der Waals surface area (Å²) in [5, 5.41) is 13.2. The van der Waals surface area contributed by atoms with E-state index in [1.165, 1.54) is 4.90 Å². The normalized spacial score (nSPS) is 24.0. The molecular weight excluding hydrogens is 385 g/mol. The molecule has 3 rings (SSSR count). The molecule has 1 fully saturated rings. The zero-order valence-electron chi connectivity index (χ0n) is 14.9. The minimum absolute atomic E-state index is 0.0769. The number of carbonyl (C=O) groups excluding carboxylic acids is 1. The third-order valence-corrected chi connectivity index (χ3v) is 5.43. The highest BCUT2D eigenvalue weighted by atomic mass is 35.5. The first-order chi connectivity index (χ1) is 12.6. The summed E-state index contributed by atoms with van der Waals surface area (Å²) >= 11 is 6.14. The molecule has 2 amide bonds. The predicted molar refractivity (Wildman–Crippen MR) is 94.0 cm³/mol. The van der Waals surface area contributed by atoms with Crippen LogP contribution in [0.25, 0.3) is 0 Å². The summed E-state index contributed by atoms with van der Waals surface area (Å²) in [4.78, 5) is 13.9. The van der Waals surface area contributed by atoms with Crippen LogP contribution in [-0.4, -0.2) is 47.5 Å². The molecule has 9 heteroatoms. The molecule has 2 N–H and O–H groups in total. The van der Waals surface area contributed by atoms with Crippen molar-refractivity contribution in [2.45, 2.75) is 50.4 Å². The molecule has 0 bridgehead atoms. The number of aliphatic hydroxyl groups is 1. The quantitative estimate of drug-likeness (QED) is 0.784. The lowest BCUT2D eigenvalue weighted by atomic mass is 9.94. The van der Waals surface area contributed by atoms with Crippen LogP contribution in [0.3, 0.4) is 0 Å². The van der Waals surface area contributed by atoms with E-state index in [9.17, 15) is 23.1 Å². The second-order valence-electron chi connectivity index (χ2n) is 7.12. The van der Waals surface area contributed by atoms with Crippen LogP contribution < -0.4 is 10.1 Å². The van der Waals surface area contributed by atoms with Crippen LogP contribution in [-0.2, 0) is 6.42 Å². The minimum Gasteiger partial charge on any atom is -0.493 e. The summed E-state index contributed by atoms with van der Waals surface area (Å²) in [6.45, 7) is 2.31. The lowest BCUT2D eigenvalue weighted by Crippen LogP contribution is -2.47. The summed E-state index contributed by atoms with van der Waals surface area (Å²) < 4.78 is 44.7. The van der Waals surface area contributed by atoms with E-state index < -0.39 is 36.7 Å². The SMILES string of the molecule is CC(NC(=O)N1CCCC(O)(C(F)(F)F)CC1)c1cc(Cl)cc2c1OCC2. The summed E-state index contributed by atoms with van der Waals surface area (Å²) in [5.41, 5.74) is -1.02. The van der Waals surface area contributed by atoms with Crippen molar-refractivity contribution in [3.05, 3.63) is 28.3 Å². The number of alkyl halides is 3. The fraction of sp³-hybridized carbons (Fsp3) is 0.611. The number of nitrogens with one attached hydrogen (secondary N) is 1. The van der Waals surface area contributed by atoms with Gasteiger partial charge in [-0.25, -0.2) is 4.79 Å². The second kappa shape index (κ2) is 7.39. The number of amides is 2. The van der Waals surface area contributed by atoms with Gasteiger partial charge in [-0.05, 0) is 37.5 Å². The van der Waals surface area contributed by atoms with Gasteiger partial charge < -0.3 is 20.1 Å². The van der Waals surface area contributed by atoms with Crippen molar-refractivity contribution in [3.8, 4) is 5.75 Å². The maximum absolute atomic E-state index is 13.0. The van der Waals surface area contributed by atoms with Crippen LogP contribution in [0.4, 0.5) is 18.0 Å². The molecule has 2 aliphatic rings. The van der Waals surface area contributed by atoms with E-state index in [-0.39, 0.29) is 19.5 Å². The van der Waals surface area contributed by atoms with E-state index in [1.807, 2.05) is 6.07 Å². The maximum Gasteiger partial charge on any atom is 0.417 e. The number of rotatable bonds is 2. The molecule has 27 heavy (non-hydrogen) atoms. The Morgan fingerprint density at radius 2 is 2.11 bits per heavy atom. The molecule has 0 aromatic heterocycles. The molecule has 2 heterocycles. The van der Waals surface area contributed by atoms with E-state index in [0.29, 0.717) is 17.4 Å². The second-order valence-corrected chi connectivity index (χ2v) is 7.56. The van der Waals surface area contributed by atoms with Gasteiger partial charge in [-0.15, -0.1) is 0 Å². The molecule has 0 spiro atoms. The smallest absolute Gasteiger partial charge is 0.417 e. The monoisotopic (exact) mass is 406 g/mol. The molecular formula is C18H22ClF3N2O3. The highest BCUT2D eigenvalue weighted by Crippen LogP contribution is 2.39. The van der Waals surface area contributed by atoms with E-state index in [2.05, 4.69) is 5.32 Å². The fourth-order valence-electron chi connectivity index (χ4n) is 3.58. The van der Waals surface area contributed by atoms with Crippen LogP contribution in [0.5, 0.6) is 5.75 Å². The van der Waals surface area contributed by atoms with Gasteiger partial charge in [0.15, 0.2) is 5.60 Å². The zero-order chi connectivity index (χ0) is 19.8. The highest BCUT2D eigenvalue weighted by Gasteiger charge is 2.53. The maximum atomic E-state index is 13.0. The number of ether oxygens (including phenoxy) is 1. The predicted octanol–water partition coefficient (Wildman–Crippen LogP) is 3.82. The lowest BCUT2D eigenvalue weighted by molar-refractivity contribution is -0.263. The lowest BCUT2D eigenvalue weighted by Gasteiger charge is -2.29. The number of hydrogen-bond acceptors (Lipinski definition) is 3. The molecule has 0 saturated carbocycles. The van der Waals surface area contributed by atoms with Crippen LogP contribution in [0.15, 0.2) is 12.1 Å². The number of halogens is 4. The first-order valence-corrected chi connectivity index (χ1v) is 9.28. The van der Waals surface area contributed by atoms with Gasteiger partial charge >= 0.3 is 12.2 Å². The number of carbonyl (C=O) groups is 1. The van der Waals surface area contributed by atoms with E-state index >= 15 is 0 Å². The molecule has 1 aromatic carbocycles. The Kier molecular flexibility index (Phi) is 5.49. The number of hydrogen-bond donors (Lipinski definition) is 2. The topological polar surface area (TPSA) is 61.8 Å². The fourth-order valence-corrected chi connectivity index (χ4v) is 3.83. The van der Waals surface area contributed by atoms with Crippen molar-refractivity contribution < 1.29 is 27.8 Å². The van der Waals surface area contributed by atoms with E-state index in [4.69, 9.17) is 16.3 Å². The van der Waals surface area contributed by atoms with Crippen molar-refractivity contribution in [2.24, 2.45) is 0 Å². The molecule has 2 unspecified atom stereocenters. The highest BCUT2D eigenvalue weighted by molar-refractivity contribution is 6.30. The Morgan fingerprint density at radius 1 is 1.37 bits per heavy atom. The summed E-state index contributed by atoms with van der Waals surface area (Å²) in [7, 11) is 0. The number of benzene rings is 1. The van der Waals surface area contributed by atoms with Crippen molar-refractivity contribution in [2.75, 3.05) is 19.7 Å². The van der Waals surface area contributed by atoms with E-state index in [1.54, 1.807) is 13.0 Å². The van der Waals surface area contributed by atoms with Gasteiger partial charge in [0.25, 0.3) is 0 Å². The van der Waals surface area contributed by atoms with Crippen LogP contribution in [0, 0.1) is 0 Å². The standard InChI is InChI=1S/C18H22ClF3N2O3/c1-11(14-10-13(19)9-12-3-8-27-15(12)14)23-16(25)24-6-2-4-17(26,5-7-24)18(20,21)22/h9-11,26H,2-8H2,1H3,(H,23,25). The average Bonchev–Trinajstić information content (AvgIpc) is 2.93. The van der Waals surface area contributed by atoms with Crippen molar-refractivity contribution in [3.63, 3.8) is 0 Å². The molecule has 2 aliphatic heterocycles. The van der Waals surface area contributed by atoms with Gasteiger partial charge in [0.2, 0.25) is 0 Å². The van der Waals surface area contributed by atoms with Gasteiger partial charge in [-0.2, -0.15) is 13.2 Å². The third kappa shape index (κ3) is 4.11. The number of urea groups is 1.